The molecule has 5 N–H and O–H groups in total. The molecule has 0 aromatic heterocycles. The van der Waals surface area contributed by atoms with Crippen LogP contribution in [0.4, 0.5) is 10.5 Å². The SMILES string of the molecule is CCCc1cccc(C(C)C)c1NC(=O)NC(=N)N. The third-order valence-electron chi connectivity index (χ3n) is 2.81. The van der Waals surface area contributed by atoms with Crippen LogP contribution in [0.5, 0.6) is 0 Å². The number of nitrogens with two attached hydrogens (primary N) is 1. The summed E-state index contributed by atoms with van der Waals surface area (Å²) in [5.41, 5.74) is 8.18. The first-order chi connectivity index (χ1) is 8.95. The maximum atomic E-state index is 11.7. The molecule has 0 saturated heterocycles. The molecule has 0 fully saturated rings. The number of amides is 2. The molecule has 0 heterocycles. The first-order valence-electron chi connectivity index (χ1n) is 6.49. The summed E-state index contributed by atoms with van der Waals surface area (Å²) in [6.07, 6.45) is 1.90. The van der Waals surface area contributed by atoms with E-state index in [1.54, 1.807) is 0 Å². The van der Waals surface area contributed by atoms with Gasteiger partial charge in [-0.05, 0) is 23.5 Å². The highest BCUT2D eigenvalue weighted by molar-refractivity contribution is 6.01. The Morgan fingerprint density at radius 1 is 1.42 bits per heavy atom. The number of urea groups is 1. The van der Waals surface area contributed by atoms with Crippen molar-refractivity contribution in [1.82, 2.24) is 5.32 Å². The maximum Gasteiger partial charge on any atom is 0.325 e. The molecule has 1 rings (SSSR count). The van der Waals surface area contributed by atoms with E-state index < -0.39 is 6.03 Å². The molecule has 0 radical (unpaired) electrons. The number of para-hydroxylation sites is 1. The fourth-order valence-electron chi connectivity index (χ4n) is 2.00. The molecule has 2 amide bonds. The number of rotatable bonds is 4. The van der Waals surface area contributed by atoms with E-state index in [0.29, 0.717) is 5.92 Å². The van der Waals surface area contributed by atoms with Gasteiger partial charge in [0, 0.05) is 5.69 Å². The van der Waals surface area contributed by atoms with Crippen LogP contribution in [-0.4, -0.2) is 12.0 Å². The van der Waals surface area contributed by atoms with Crippen molar-refractivity contribution in [2.24, 2.45) is 5.73 Å². The molecule has 0 atom stereocenters. The van der Waals surface area contributed by atoms with Gasteiger partial charge in [0.2, 0.25) is 0 Å². The van der Waals surface area contributed by atoms with Crippen LogP contribution in [-0.2, 0) is 6.42 Å². The number of carbonyl (C=O) groups is 1. The van der Waals surface area contributed by atoms with E-state index in [-0.39, 0.29) is 5.96 Å². The van der Waals surface area contributed by atoms with Gasteiger partial charge in [-0.3, -0.25) is 10.7 Å². The van der Waals surface area contributed by atoms with Crippen LogP contribution in [0, 0.1) is 5.41 Å². The van der Waals surface area contributed by atoms with Crippen molar-refractivity contribution < 1.29 is 4.79 Å². The number of carbonyl (C=O) groups excluding carboxylic acids is 1. The van der Waals surface area contributed by atoms with Gasteiger partial charge in [0.15, 0.2) is 5.96 Å². The van der Waals surface area contributed by atoms with E-state index in [1.807, 2.05) is 18.2 Å². The minimum Gasteiger partial charge on any atom is -0.370 e. The molecule has 0 aliphatic carbocycles. The van der Waals surface area contributed by atoms with Crippen LogP contribution in [0.2, 0.25) is 0 Å². The molecule has 0 saturated carbocycles. The standard InChI is InChI=1S/C14H22N4O/c1-4-6-10-7-5-8-11(9(2)3)12(10)17-14(19)18-13(15)16/h5,7-9H,4,6H2,1-3H3,(H5,15,16,17,18,19). The Morgan fingerprint density at radius 3 is 2.63 bits per heavy atom. The molecule has 5 heteroatoms. The second-order valence-corrected chi connectivity index (χ2v) is 4.78. The predicted molar refractivity (Wildman–Crippen MR) is 78.6 cm³/mol. The molecule has 5 nitrogen and oxygen atoms in total. The molecule has 0 aliphatic heterocycles. The van der Waals surface area contributed by atoms with Crippen molar-refractivity contribution in [2.45, 2.75) is 39.5 Å². The normalized spacial score (nSPS) is 10.3. The van der Waals surface area contributed by atoms with Crippen LogP contribution in [0.3, 0.4) is 0 Å². The fraction of sp³-hybridized carbons (Fsp3) is 0.429. The molecule has 0 aliphatic rings. The predicted octanol–water partition coefficient (Wildman–Crippen LogP) is 2.78. The molecule has 1 aromatic rings. The Bertz CT molecular complexity index is 469. The minimum atomic E-state index is -0.474. The van der Waals surface area contributed by atoms with Crippen molar-refractivity contribution in [1.29, 1.82) is 5.41 Å². The van der Waals surface area contributed by atoms with Crippen molar-refractivity contribution >= 4 is 17.7 Å². The quantitative estimate of drug-likeness (QED) is 0.496. The first kappa shape index (κ1) is 15.0. The summed E-state index contributed by atoms with van der Waals surface area (Å²) in [5.74, 6) is -0.0546. The van der Waals surface area contributed by atoms with E-state index in [4.69, 9.17) is 11.1 Å². The summed E-state index contributed by atoms with van der Waals surface area (Å²) in [6.45, 7) is 6.26. The zero-order chi connectivity index (χ0) is 14.4. The monoisotopic (exact) mass is 262 g/mol. The lowest BCUT2D eigenvalue weighted by atomic mass is 9.96. The molecule has 1 aromatic carbocycles. The molecular formula is C14H22N4O. The summed E-state index contributed by atoms with van der Waals surface area (Å²) in [7, 11) is 0. The van der Waals surface area contributed by atoms with Gasteiger partial charge in [-0.25, -0.2) is 4.79 Å². The van der Waals surface area contributed by atoms with E-state index in [2.05, 4.69) is 31.4 Å². The summed E-state index contributed by atoms with van der Waals surface area (Å²) in [4.78, 5) is 11.7. The average molecular weight is 262 g/mol. The summed E-state index contributed by atoms with van der Waals surface area (Å²) < 4.78 is 0. The van der Waals surface area contributed by atoms with Crippen molar-refractivity contribution in [2.75, 3.05) is 5.32 Å². The number of benzene rings is 1. The Labute approximate surface area is 114 Å². The van der Waals surface area contributed by atoms with Crippen LogP contribution < -0.4 is 16.4 Å². The molecule has 0 unspecified atom stereocenters. The van der Waals surface area contributed by atoms with E-state index in [0.717, 1.165) is 29.7 Å². The zero-order valence-electron chi connectivity index (χ0n) is 11.7. The summed E-state index contributed by atoms with van der Waals surface area (Å²) in [6, 6.07) is 5.55. The second-order valence-electron chi connectivity index (χ2n) is 4.78. The maximum absolute atomic E-state index is 11.7. The number of anilines is 1. The number of hydrogen-bond donors (Lipinski definition) is 4. The Morgan fingerprint density at radius 2 is 2.11 bits per heavy atom. The molecular weight excluding hydrogens is 240 g/mol. The third-order valence-corrected chi connectivity index (χ3v) is 2.81. The number of hydrogen-bond acceptors (Lipinski definition) is 2. The van der Waals surface area contributed by atoms with Crippen molar-refractivity contribution in [3.05, 3.63) is 29.3 Å². The lowest BCUT2D eigenvalue weighted by Gasteiger charge is -2.18. The average Bonchev–Trinajstić information content (AvgIpc) is 2.30. The molecule has 0 spiro atoms. The summed E-state index contributed by atoms with van der Waals surface area (Å²) >= 11 is 0. The third kappa shape index (κ3) is 4.28. The van der Waals surface area contributed by atoms with Crippen LogP contribution in [0.1, 0.15) is 44.2 Å². The van der Waals surface area contributed by atoms with Gasteiger partial charge in [0.1, 0.15) is 0 Å². The lowest BCUT2D eigenvalue weighted by Crippen LogP contribution is -2.39. The van der Waals surface area contributed by atoms with Crippen LogP contribution >= 0.6 is 0 Å². The Kier molecular flexibility index (Phi) is 5.36. The van der Waals surface area contributed by atoms with Gasteiger partial charge < -0.3 is 11.1 Å². The van der Waals surface area contributed by atoms with E-state index in [9.17, 15) is 4.79 Å². The highest BCUT2D eigenvalue weighted by atomic mass is 16.2. The van der Waals surface area contributed by atoms with Gasteiger partial charge in [0.25, 0.3) is 0 Å². The molecule has 104 valence electrons. The van der Waals surface area contributed by atoms with E-state index in [1.165, 1.54) is 0 Å². The number of aryl methyl sites for hydroxylation is 1. The van der Waals surface area contributed by atoms with Gasteiger partial charge in [-0.2, -0.15) is 0 Å². The topological polar surface area (TPSA) is 91.0 Å². The van der Waals surface area contributed by atoms with Crippen molar-refractivity contribution in [3.63, 3.8) is 0 Å². The second kappa shape index (κ2) is 6.78. The van der Waals surface area contributed by atoms with Crippen LogP contribution in [0.15, 0.2) is 18.2 Å². The Balaban J connectivity index is 3.06. The zero-order valence-corrected chi connectivity index (χ0v) is 11.7. The minimum absolute atomic E-state index is 0.310. The fourth-order valence-corrected chi connectivity index (χ4v) is 2.00. The molecule has 0 bridgehead atoms. The van der Waals surface area contributed by atoms with E-state index >= 15 is 0 Å². The number of nitrogens with one attached hydrogen (secondary N) is 3. The first-order valence-corrected chi connectivity index (χ1v) is 6.49. The smallest absolute Gasteiger partial charge is 0.325 e. The lowest BCUT2D eigenvalue weighted by molar-refractivity contribution is 0.256. The summed E-state index contributed by atoms with van der Waals surface area (Å²) in [5, 5.41) is 12.1. The largest absolute Gasteiger partial charge is 0.370 e. The highest BCUT2D eigenvalue weighted by Gasteiger charge is 2.13. The van der Waals surface area contributed by atoms with Gasteiger partial charge in [-0.15, -0.1) is 0 Å². The number of guanidine groups is 1. The van der Waals surface area contributed by atoms with Gasteiger partial charge in [-0.1, -0.05) is 45.4 Å². The Hall–Kier alpha value is -2.04. The molecule has 19 heavy (non-hydrogen) atoms. The van der Waals surface area contributed by atoms with Gasteiger partial charge >= 0.3 is 6.03 Å². The van der Waals surface area contributed by atoms with Crippen LogP contribution in [0.25, 0.3) is 0 Å². The highest BCUT2D eigenvalue weighted by Crippen LogP contribution is 2.28. The van der Waals surface area contributed by atoms with Gasteiger partial charge in [0.05, 0.1) is 0 Å². The van der Waals surface area contributed by atoms with Crippen molar-refractivity contribution in [3.8, 4) is 0 Å².